The summed E-state index contributed by atoms with van der Waals surface area (Å²) in [5.41, 5.74) is 1.15. The molecule has 1 amide bonds. The summed E-state index contributed by atoms with van der Waals surface area (Å²) in [5, 5.41) is 0. The van der Waals surface area contributed by atoms with E-state index in [9.17, 15) is 14.0 Å². The molecular weight excluding hydrogens is 341 g/mol. The first-order valence-corrected chi connectivity index (χ1v) is 8.08. The third-order valence-electron chi connectivity index (χ3n) is 3.96. The number of para-hydroxylation sites is 2. The van der Waals surface area contributed by atoms with Gasteiger partial charge in [0.05, 0.1) is 19.2 Å². The molecule has 6 nitrogen and oxygen atoms in total. The zero-order chi connectivity index (χ0) is 18.5. The topological polar surface area (TPSA) is 65.1 Å². The Kier molecular flexibility index (Phi) is 5.36. The fourth-order valence-corrected chi connectivity index (χ4v) is 2.64. The van der Waals surface area contributed by atoms with Crippen LogP contribution in [0.2, 0.25) is 0 Å². The highest BCUT2D eigenvalue weighted by molar-refractivity contribution is 5.98. The van der Waals surface area contributed by atoms with Gasteiger partial charge in [0.1, 0.15) is 12.4 Å². The smallest absolute Gasteiger partial charge is 0.307 e. The van der Waals surface area contributed by atoms with E-state index in [1.165, 1.54) is 24.1 Å². The lowest BCUT2D eigenvalue weighted by atomic mass is 10.2. The highest BCUT2D eigenvalue weighted by Gasteiger charge is 2.25. The number of fused-ring (bicyclic) bond motifs is 1. The molecule has 0 aromatic heterocycles. The Balaban J connectivity index is 1.54. The molecule has 0 fully saturated rings. The van der Waals surface area contributed by atoms with Crippen molar-refractivity contribution in [1.82, 2.24) is 0 Å². The second-order valence-electron chi connectivity index (χ2n) is 5.68. The van der Waals surface area contributed by atoms with E-state index >= 15 is 0 Å². The number of anilines is 1. The van der Waals surface area contributed by atoms with Gasteiger partial charge in [0.2, 0.25) is 0 Å². The summed E-state index contributed by atoms with van der Waals surface area (Å²) < 4.78 is 29.0. The van der Waals surface area contributed by atoms with Crippen molar-refractivity contribution in [1.29, 1.82) is 0 Å². The molecule has 1 aliphatic heterocycles. The quantitative estimate of drug-likeness (QED) is 0.742. The van der Waals surface area contributed by atoms with Crippen molar-refractivity contribution >= 4 is 17.6 Å². The summed E-state index contributed by atoms with van der Waals surface area (Å²) in [4.78, 5) is 25.5. The Hall–Kier alpha value is -3.09. The standard InChI is InChI=1S/C19H18FNO5/c1-24-16-7-6-13(10-14(16)20)11-26-19(23)8-9-21-15-4-2-3-5-17(15)25-12-18(21)22/h2-7,10H,8-9,11-12H2,1H3. The fourth-order valence-electron chi connectivity index (χ4n) is 2.64. The number of hydrogen-bond donors (Lipinski definition) is 0. The minimum absolute atomic E-state index is 0.0265. The van der Waals surface area contributed by atoms with Gasteiger partial charge in [-0.15, -0.1) is 0 Å². The van der Waals surface area contributed by atoms with Crippen LogP contribution in [0.15, 0.2) is 42.5 Å². The van der Waals surface area contributed by atoms with E-state index in [0.29, 0.717) is 17.0 Å². The van der Waals surface area contributed by atoms with Crippen LogP contribution in [0.1, 0.15) is 12.0 Å². The van der Waals surface area contributed by atoms with E-state index in [4.69, 9.17) is 14.2 Å². The van der Waals surface area contributed by atoms with Crippen molar-refractivity contribution in [2.75, 3.05) is 25.2 Å². The number of carbonyl (C=O) groups excluding carboxylic acids is 2. The van der Waals surface area contributed by atoms with Crippen molar-refractivity contribution in [3.8, 4) is 11.5 Å². The monoisotopic (exact) mass is 359 g/mol. The molecule has 7 heteroatoms. The van der Waals surface area contributed by atoms with E-state index in [-0.39, 0.29) is 37.8 Å². The highest BCUT2D eigenvalue weighted by atomic mass is 19.1. The van der Waals surface area contributed by atoms with Gasteiger partial charge in [0.25, 0.3) is 5.91 Å². The molecule has 2 aromatic carbocycles. The van der Waals surface area contributed by atoms with E-state index in [1.54, 1.807) is 24.3 Å². The van der Waals surface area contributed by atoms with Crippen LogP contribution in [0.25, 0.3) is 0 Å². The van der Waals surface area contributed by atoms with Crippen molar-refractivity contribution in [2.45, 2.75) is 13.0 Å². The molecule has 0 bridgehead atoms. The average molecular weight is 359 g/mol. The lowest BCUT2D eigenvalue weighted by molar-refractivity contribution is -0.144. The predicted octanol–water partition coefficient (Wildman–Crippen LogP) is 2.69. The first-order chi connectivity index (χ1) is 12.6. The van der Waals surface area contributed by atoms with E-state index in [1.807, 2.05) is 6.07 Å². The van der Waals surface area contributed by atoms with Gasteiger partial charge >= 0.3 is 5.97 Å². The van der Waals surface area contributed by atoms with Crippen LogP contribution in [0, 0.1) is 5.82 Å². The van der Waals surface area contributed by atoms with E-state index in [2.05, 4.69) is 0 Å². The molecule has 3 rings (SSSR count). The second kappa shape index (κ2) is 7.86. The van der Waals surface area contributed by atoms with Gasteiger partial charge in [-0.25, -0.2) is 4.39 Å². The molecule has 26 heavy (non-hydrogen) atoms. The molecule has 0 saturated carbocycles. The normalized spacial score (nSPS) is 13.0. The molecule has 2 aromatic rings. The summed E-state index contributed by atoms with van der Waals surface area (Å²) >= 11 is 0. The third kappa shape index (κ3) is 3.93. The molecule has 1 heterocycles. The number of carbonyl (C=O) groups is 2. The van der Waals surface area contributed by atoms with Crippen molar-refractivity contribution in [2.24, 2.45) is 0 Å². The molecular formula is C19H18FNO5. The third-order valence-corrected chi connectivity index (χ3v) is 3.96. The lowest BCUT2D eigenvalue weighted by Gasteiger charge is -2.28. The Bertz CT molecular complexity index is 823. The predicted molar refractivity (Wildman–Crippen MR) is 91.7 cm³/mol. The molecule has 0 atom stereocenters. The number of halogens is 1. The van der Waals surface area contributed by atoms with Crippen LogP contribution in [0.5, 0.6) is 11.5 Å². The van der Waals surface area contributed by atoms with Gasteiger partial charge in [-0.05, 0) is 29.8 Å². The Morgan fingerprint density at radius 2 is 2.08 bits per heavy atom. The van der Waals surface area contributed by atoms with Crippen LogP contribution in [0.3, 0.4) is 0 Å². The molecule has 0 spiro atoms. The van der Waals surface area contributed by atoms with Crippen LogP contribution in [-0.2, 0) is 20.9 Å². The fraction of sp³-hybridized carbons (Fsp3) is 0.263. The Morgan fingerprint density at radius 3 is 2.85 bits per heavy atom. The molecule has 0 unspecified atom stereocenters. The van der Waals surface area contributed by atoms with Gasteiger partial charge in [0, 0.05) is 6.54 Å². The van der Waals surface area contributed by atoms with Gasteiger partial charge in [-0.1, -0.05) is 18.2 Å². The van der Waals surface area contributed by atoms with E-state index in [0.717, 1.165) is 0 Å². The van der Waals surface area contributed by atoms with Gasteiger partial charge in [0.15, 0.2) is 18.2 Å². The first-order valence-electron chi connectivity index (χ1n) is 8.08. The summed E-state index contributed by atoms with van der Waals surface area (Å²) in [6.07, 6.45) is 0.0265. The lowest BCUT2D eigenvalue weighted by Crippen LogP contribution is -2.40. The molecule has 136 valence electrons. The summed E-state index contributed by atoms with van der Waals surface area (Å²) in [6.45, 7) is 0.0829. The molecule has 0 N–H and O–H groups in total. The van der Waals surface area contributed by atoms with Crippen molar-refractivity contribution in [3.05, 3.63) is 53.8 Å². The maximum Gasteiger partial charge on any atom is 0.307 e. The largest absolute Gasteiger partial charge is 0.494 e. The second-order valence-corrected chi connectivity index (χ2v) is 5.68. The first kappa shape index (κ1) is 17.7. The zero-order valence-corrected chi connectivity index (χ0v) is 14.2. The number of hydrogen-bond acceptors (Lipinski definition) is 5. The maximum atomic E-state index is 13.6. The molecule has 0 radical (unpaired) electrons. The summed E-state index contributed by atoms with van der Waals surface area (Å²) in [7, 11) is 1.38. The number of benzene rings is 2. The van der Waals surface area contributed by atoms with E-state index < -0.39 is 11.8 Å². The number of nitrogens with zero attached hydrogens (tertiary/aromatic N) is 1. The SMILES string of the molecule is COc1ccc(COC(=O)CCN2C(=O)COc3ccccc32)cc1F. The number of rotatable bonds is 6. The van der Waals surface area contributed by atoms with Gasteiger partial charge in [-0.2, -0.15) is 0 Å². The van der Waals surface area contributed by atoms with Crippen molar-refractivity contribution < 1.29 is 28.2 Å². The van der Waals surface area contributed by atoms with Crippen molar-refractivity contribution in [3.63, 3.8) is 0 Å². The number of ether oxygens (including phenoxy) is 3. The number of amides is 1. The Morgan fingerprint density at radius 1 is 1.27 bits per heavy atom. The van der Waals surface area contributed by atoms with Crippen LogP contribution < -0.4 is 14.4 Å². The zero-order valence-electron chi connectivity index (χ0n) is 14.2. The average Bonchev–Trinajstić information content (AvgIpc) is 2.65. The highest BCUT2D eigenvalue weighted by Crippen LogP contribution is 2.31. The van der Waals surface area contributed by atoms with Gasteiger partial charge < -0.3 is 19.1 Å². The minimum Gasteiger partial charge on any atom is -0.494 e. The summed E-state index contributed by atoms with van der Waals surface area (Å²) in [6, 6.07) is 11.5. The summed E-state index contributed by atoms with van der Waals surface area (Å²) in [5.74, 6) is -0.470. The molecule has 0 saturated heterocycles. The minimum atomic E-state index is -0.517. The molecule has 0 aliphatic carbocycles. The number of methoxy groups -OCH3 is 1. The maximum absolute atomic E-state index is 13.6. The van der Waals surface area contributed by atoms with Gasteiger partial charge in [-0.3, -0.25) is 9.59 Å². The Labute approximate surface area is 150 Å². The number of esters is 1. The van der Waals surface area contributed by atoms with Crippen LogP contribution in [0.4, 0.5) is 10.1 Å². The molecule has 1 aliphatic rings. The van der Waals surface area contributed by atoms with Crippen LogP contribution in [-0.4, -0.2) is 32.1 Å². The van der Waals surface area contributed by atoms with Crippen LogP contribution >= 0.6 is 0 Å².